The number of rotatable bonds is 8. The number of carbonyl (C=O) groups excluding carboxylic acids is 1. The highest BCUT2D eigenvalue weighted by molar-refractivity contribution is 7.85. The van der Waals surface area contributed by atoms with E-state index in [1.807, 2.05) is 42.5 Å². The van der Waals surface area contributed by atoms with Gasteiger partial charge < -0.3 is 9.73 Å². The third kappa shape index (κ3) is 4.57. The molecule has 5 heteroatoms. The van der Waals surface area contributed by atoms with Gasteiger partial charge in [-0.1, -0.05) is 25.1 Å². The van der Waals surface area contributed by atoms with E-state index < -0.39 is 10.8 Å². The van der Waals surface area contributed by atoms with Crippen molar-refractivity contribution < 1.29 is 13.4 Å². The molecule has 1 amide bonds. The standard InChI is InChI=1S/C19H23NO3S/c1-14-13-17(14)18-9-7-15(23-18)8-10-19(21)20-11-12-24(22)16-5-3-2-4-6-16/h2-7,9,14,17H,8,10-13H2,1H3,(H,20,21). The lowest BCUT2D eigenvalue weighted by atomic mass is 10.2. The van der Waals surface area contributed by atoms with Crippen LogP contribution in [0.2, 0.25) is 0 Å². The van der Waals surface area contributed by atoms with Crippen LogP contribution >= 0.6 is 0 Å². The van der Waals surface area contributed by atoms with Gasteiger partial charge in [-0.2, -0.15) is 0 Å². The van der Waals surface area contributed by atoms with Gasteiger partial charge in [0.05, 0.1) is 10.8 Å². The van der Waals surface area contributed by atoms with Crippen molar-refractivity contribution in [3.8, 4) is 0 Å². The van der Waals surface area contributed by atoms with E-state index in [4.69, 9.17) is 4.42 Å². The van der Waals surface area contributed by atoms with Crippen LogP contribution in [-0.4, -0.2) is 22.4 Å². The summed E-state index contributed by atoms with van der Waals surface area (Å²) < 4.78 is 17.8. The van der Waals surface area contributed by atoms with Crippen LogP contribution in [0.1, 0.15) is 37.2 Å². The lowest BCUT2D eigenvalue weighted by Crippen LogP contribution is -2.27. The monoisotopic (exact) mass is 345 g/mol. The van der Waals surface area contributed by atoms with E-state index >= 15 is 0 Å². The zero-order valence-corrected chi connectivity index (χ0v) is 14.7. The molecule has 1 saturated carbocycles. The average molecular weight is 345 g/mol. The molecular formula is C19H23NO3S. The quantitative estimate of drug-likeness (QED) is 0.799. The maximum atomic E-state index is 12.0. The van der Waals surface area contributed by atoms with Gasteiger partial charge in [-0.25, -0.2) is 0 Å². The van der Waals surface area contributed by atoms with Crippen molar-refractivity contribution in [2.24, 2.45) is 5.92 Å². The number of nitrogens with one attached hydrogen (secondary N) is 1. The third-order valence-electron chi connectivity index (χ3n) is 4.37. The van der Waals surface area contributed by atoms with Crippen molar-refractivity contribution in [1.82, 2.24) is 5.32 Å². The Labute approximate surface area is 145 Å². The second kappa shape index (κ2) is 7.79. The number of hydrogen-bond donors (Lipinski definition) is 1. The molecule has 1 aliphatic rings. The molecule has 0 radical (unpaired) electrons. The van der Waals surface area contributed by atoms with E-state index in [2.05, 4.69) is 12.2 Å². The highest BCUT2D eigenvalue weighted by atomic mass is 32.2. The summed E-state index contributed by atoms with van der Waals surface area (Å²) in [5, 5.41) is 2.83. The van der Waals surface area contributed by atoms with Crippen LogP contribution in [0.5, 0.6) is 0 Å². The summed E-state index contributed by atoms with van der Waals surface area (Å²) in [4.78, 5) is 12.7. The summed E-state index contributed by atoms with van der Waals surface area (Å²) >= 11 is 0. The third-order valence-corrected chi connectivity index (χ3v) is 5.74. The molecule has 3 atom stereocenters. The Morgan fingerprint density at radius 1 is 1.25 bits per heavy atom. The predicted octanol–water partition coefficient (Wildman–Crippen LogP) is 3.26. The first-order valence-corrected chi connectivity index (χ1v) is 9.74. The molecule has 3 unspecified atom stereocenters. The van der Waals surface area contributed by atoms with Crippen LogP contribution in [-0.2, 0) is 22.0 Å². The van der Waals surface area contributed by atoms with Crippen molar-refractivity contribution in [2.45, 2.75) is 37.0 Å². The molecule has 2 aromatic rings. The summed E-state index contributed by atoms with van der Waals surface area (Å²) in [5.74, 6) is 3.61. The van der Waals surface area contributed by atoms with Gasteiger partial charge >= 0.3 is 0 Å². The average Bonchev–Trinajstić information content (AvgIpc) is 3.14. The number of amides is 1. The lowest BCUT2D eigenvalue weighted by molar-refractivity contribution is -0.121. The first-order chi connectivity index (χ1) is 11.6. The molecule has 24 heavy (non-hydrogen) atoms. The SMILES string of the molecule is CC1CC1c1ccc(CCC(=O)NCCS(=O)c2ccccc2)o1. The minimum absolute atomic E-state index is 0.0298. The van der Waals surface area contributed by atoms with Crippen molar-refractivity contribution in [3.05, 3.63) is 54.0 Å². The zero-order valence-electron chi connectivity index (χ0n) is 13.9. The van der Waals surface area contributed by atoms with Gasteiger partial charge in [0.25, 0.3) is 0 Å². The highest BCUT2D eigenvalue weighted by Gasteiger charge is 2.36. The molecule has 4 nitrogen and oxygen atoms in total. The maximum absolute atomic E-state index is 12.0. The normalized spacial score (nSPS) is 20.5. The summed E-state index contributed by atoms with van der Waals surface area (Å²) in [6.07, 6.45) is 2.20. The smallest absolute Gasteiger partial charge is 0.220 e. The second-order valence-corrected chi connectivity index (χ2v) is 7.91. The summed E-state index contributed by atoms with van der Waals surface area (Å²) in [5.41, 5.74) is 0. The Morgan fingerprint density at radius 2 is 2.00 bits per heavy atom. The molecular weight excluding hydrogens is 322 g/mol. The largest absolute Gasteiger partial charge is 0.466 e. The van der Waals surface area contributed by atoms with Gasteiger partial charge in [0.1, 0.15) is 11.5 Å². The molecule has 1 N–H and O–H groups in total. The molecule has 0 aliphatic heterocycles. The van der Waals surface area contributed by atoms with E-state index in [0.717, 1.165) is 22.3 Å². The molecule has 0 saturated heterocycles. The second-order valence-electron chi connectivity index (χ2n) is 6.34. The predicted molar refractivity (Wildman–Crippen MR) is 94.3 cm³/mol. The Bertz CT molecular complexity index is 710. The Balaban J connectivity index is 1.35. The minimum atomic E-state index is -1.07. The van der Waals surface area contributed by atoms with Crippen LogP contribution in [0.15, 0.2) is 51.8 Å². The Kier molecular flexibility index (Phi) is 5.51. The van der Waals surface area contributed by atoms with E-state index in [1.54, 1.807) is 0 Å². The summed E-state index contributed by atoms with van der Waals surface area (Å²) in [6.45, 7) is 2.64. The van der Waals surface area contributed by atoms with Crippen LogP contribution < -0.4 is 5.32 Å². The van der Waals surface area contributed by atoms with Crippen molar-refractivity contribution in [3.63, 3.8) is 0 Å². The van der Waals surface area contributed by atoms with Crippen LogP contribution in [0.4, 0.5) is 0 Å². The van der Waals surface area contributed by atoms with Gasteiger partial charge in [-0.15, -0.1) is 0 Å². The van der Waals surface area contributed by atoms with E-state index in [9.17, 15) is 9.00 Å². The van der Waals surface area contributed by atoms with Gasteiger partial charge in [0.2, 0.25) is 5.91 Å². The molecule has 0 spiro atoms. The van der Waals surface area contributed by atoms with Crippen molar-refractivity contribution >= 4 is 16.7 Å². The number of carbonyl (C=O) groups is 1. The molecule has 1 aliphatic carbocycles. The molecule has 3 rings (SSSR count). The summed E-state index contributed by atoms with van der Waals surface area (Å²) in [7, 11) is -1.07. The highest BCUT2D eigenvalue weighted by Crippen LogP contribution is 2.47. The van der Waals surface area contributed by atoms with Crippen LogP contribution in [0.3, 0.4) is 0 Å². The molecule has 128 valence electrons. The number of furan rings is 1. The minimum Gasteiger partial charge on any atom is -0.466 e. The van der Waals surface area contributed by atoms with Gasteiger partial charge in [0, 0.05) is 36.0 Å². The van der Waals surface area contributed by atoms with Crippen molar-refractivity contribution in [1.29, 1.82) is 0 Å². The lowest BCUT2D eigenvalue weighted by Gasteiger charge is -2.05. The van der Waals surface area contributed by atoms with Gasteiger partial charge in [-0.3, -0.25) is 9.00 Å². The fraction of sp³-hybridized carbons (Fsp3) is 0.421. The van der Waals surface area contributed by atoms with E-state index in [-0.39, 0.29) is 5.91 Å². The van der Waals surface area contributed by atoms with Crippen molar-refractivity contribution in [2.75, 3.05) is 12.3 Å². The fourth-order valence-electron chi connectivity index (χ4n) is 2.75. The van der Waals surface area contributed by atoms with Crippen LogP contribution in [0, 0.1) is 5.92 Å². The topological polar surface area (TPSA) is 59.3 Å². The fourth-order valence-corrected chi connectivity index (χ4v) is 3.73. The maximum Gasteiger partial charge on any atom is 0.220 e. The Morgan fingerprint density at radius 3 is 2.71 bits per heavy atom. The first-order valence-electron chi connectivity index (χ1n) is 8.42. The zero-order chi connectivity index (χ0) is 16.9. The van der Waals surface area contributed by atoms with Gasteiger partial charge in [0.15, 0.2) is 0 Å². The Hall–Kier alpha value is -1.88. The first kappa shape index (κ1) is 17.0. The molecule has 0 bridgehead atoms. The number of hydrogen-bond acceptors (Lipinski definition) is 3. The summed E-state index contributed by atoms with van der Waals surface area (Å²) in [6, 6.07) is 13.3. The number of benzene rings is 1. The molecule has 1 aromatic heterocycles. The van der Waals surface area contributed by atoms with E-state index in [0.29, 0.717) is 31.1 Å². The van der Waals surface area contributed by atoms with Gasteiger partial charge in [-0.05, 0) is 36.6 Å². The van der Waals surface area contributed by atoms with Crippen LogP contribution in [0.25, 0.3) is 0 Å². The molecule has 1 heterocycles. The molecule has 1 fully saturated rings. The van der Waals surface area contributed by atoms with E-state index in [1.165, 1.54) is 6.42 Å². The number of aryl methyl sites for hydroxylation is 1. The molecule has 1 aromatic carbocycles.